The number of amides is 1. The summed E-state index contributed by atoms with van der Waals surface area (Å²) < 4.78 is 0. The van der Waals surface area contributed by atoms with Gasteiger partial charge in [-0.05, 0) is 24.6 Å². The van der Waals surface area contributed by atoms with Crippen LogP contribution in [0.5, 0.6) is 0 Å². The van der Waals surface area contributed by atoms with Crippen LogP contribution in [0.1, 0.15) is 16.3 Å². The number of thiazole rings is 1. The molecule has 0 atom stereocenters. The van der Waals surface area contributed by atoms with E-state index in [0.717, 1.165) is 22.7 Å². The van der Waals surface area contributed by atoms with Crippen molar-refractivity contribution in [2.45, 2.75) is 19.8 Å². The molecule has 0 saturated carbocycles. The number of nitrogens with two attached hydrogens (primary N) is 1. The molecule has 0 aliphatic carbocycles. The number of hydrogen-bond acceptors (Lipinski definition) is 4. The minimum atomic E-state index is 0.0260. The number of nitrogens with zero attached hydrogens (tertiary/aromatic N) is 1. The molecule has 0 aliphatic rings. The Labute approximate surface area is 116 Å². The van der Waals surface area contributed by atoms with Crippen LogP contribution in [0.2, 0.25) is 0 Å². The summed E-state index contributed by atoms with van der Waals surface area (Å²) in [5.74, 6) is 0.0260. The standard InChI is InChI=1S/C14H17N3OS/c1-10-9-19-14(17-10)6-7-16-13(18)8-11-2-4-12(15)5-3-11/h2-5,9H,6-8,15H2,1H3,(H,16,18). The summed E-state index contributed by atoms with van der Waals surface area (Å²) in [5.41, 5.74) is 8.31. The van der Waals surface area contributed by atoms with Gasteiger partial charge < -0.3 is 11.1 Å². The minimum Gasteiger partial charge on any atom is -0.399 e. The molecular weight excluding hydrogens is 258 g/mol. The van der Waals surface area contributed by atoms with E-state index in [1.54, 1.807) is 23.5 Å². The van der Waals surface area contributed by atoms with Crippen LogP contribution in [0.3, 0.4) is 0 Å². The summed E-state index contributed by atoms with van der Waals surface area (Å²) >= 11 is 1.63. The number of rotatable bonds is 5. The van der Waals surface area contributed by atoms with Crippen molar-refractivity contribution in [3.63, 3.8) is 0 Å². The lowest BCUT2D eigenvalue weighted by Gasteiger charge is -2.04. The maximum Gasteiger partial charge on any atom is 0.224 e. The van der Waals surface area contributed by atoms with Gasteiger partial charge in [-0.3, -0.25) is 4.79 Å². The van der Waals surface area contributed by atoms with Gasteiger partial charge in [-0.2, -0.15) is 0 Å². The lowest BCUT2D eigenvalue weighted by molar-refractivity contribution is -0.120. The Bertz CT molecular complexity index is 548. The molecule has 2 aromatic rings. The molecule has 1 amide bonds. The van der Waals surface area contributed by atoms with E-state index < -0.39 is 0 Å². The molecule has 5 heteroatoms. The molecule has 2 rings (SSSR count). The van der Waals surface area contributed by atoms with Gasteiger partial charge >= 0.3 is 0 Å². The number of carbonyl (C=O) groups excluding carboxylic acids is 1. The fourth-order valence-electron chi connectivity index (χ4n) is 1.71. The molecule has 0 spiro atoms. The maximum atomic E-state index is 11.7. The average Bonchev–Trinajstić information content (AvgIpc) is 2.78. The molecule has 100 valence electrons. The largest absolute Gasteiger partial charge is 0.399 e. The molecule has 19 heavy (non-hydrogen) atoms. The van der Waals surface area contributed by atoms with E-state index in [4.69, 9.17) is 5.73 Å². The van der Waals surface area contributed by atoms with E-state index in [0.29, 0.717) is 18.7 Å². The van der Waals surface area contributed by atoms with E-state index >= 15 is 0 Å². The summed E-state index contributed by atoms with van der Waals surface area (Å²) in [4.78, 5) is 16.1. The number of anilines is 1. The molecule has 1 aromatic carbocycles. The van der Waals surface area contributed by atoms with E-state index in [1.165, 1.54) is 0 Å². The Balaban J connectivity index is 1.74. The monoisotopic (exact) mass is 275 g/mol. The van der Waals surface area contributed by atoms with Crippen LogP contribution >= 0.6 is 11.3 Å². The van der Waals surface area contributed by atoms with Gasteiger partial charge in [-0.25, -0.2) is 4.98 Å². The van der Waals surface area contributed by atoms with Crippen molar-refractivity contribution in [1.82, 2.24) is 10.3 Å². The number of aryl methyl sites for hydroxylation is 1. The maximum absolute atomic E-state index is 11.7. The molecule has 0 unspecified atom stereocenters. The zero-order chi connectivity index (χ0) is 13.7. The van der Waals surface area contributed by atoms with Crippen LogP contribution in [0.15, 0.2) is 29.6 Å². The molecular formula is C14H17N3OS. The first-order valence-corrected chi connectivity index (χ1v) is 7.03. The predicted molar refractivity (Wildman–Crippen MR) is 78.1 cm³/mol. The van der Waals surface area contributed by atoms with Crippen molar-refractivity contribution in [3.8, 4) is 0 Å². The van der Waals surface area contributed by atoms with Crippen molar-refractivity contribution < 1.29 is 4.79 Å². The molecule has 1 heterocycles. The number of aromatic nitrogens is 1. The number of carbonyl (C=O) groups is 1. The van der Waals surface area contributed by atoms with Gasteiger partial charge in [-0.1, -0.05) is 12.1 Å². The lowest BCUT2D eigenvalue weighted by atomic mass is 10.1. The van der Waals surface area contributed by atoms with Gasteiger partial charge in [0.2, 0.25) is 5.91 Å². The first-order chi connectivity index (χ1) is 9.13. The van der Waals surface area contributed by atoms with Crippen molar-refractivity contribution in [2.75, 3.05) is 12.3 Å². The Morgan fingerprint density at radius 2 is 2.11 bits per heavy atom. The number of hydrogen-bond donors (Lipinski definition) is 2. The Morgan fingerprint density at radius 3 is 2.74 bits per heavy atom. The summed E-state index contributed by atoms with van der Waals surface area (Å²) in [6.45, 7) is 2.60. The zero-order valence-corrected chi connectivity index (χ0v) is 11.7. The molecule has 3 N–H and O–H groups in total. The van der Waals surface area contributed by atoms with E-state index in [-0.39, 0.29) is 5.91 Å². The van der Waals surface area contributed by atoms with Crippen LogP contribution in [0, 0.1) is 6.92 Å². The highest BCUT2D eigenvalue weighted by atomic mass is 32.1. The van der Waals surface area contributed by atoms with Gasteiger partial charge in [0.1, 0.15) is 0 Å². The summed E-state index contributed by atoms with van der Waals surface area (Å²) in [7, 11) is 0. The third-order valence-electron chi connectivity index (χ3n) is 2.67. The van der Waals surface area contributed by atoms with Crippen LogP contribution in [-0.2, 0) is 17.6 Å². The molecule has 0 radical (unpaired) electrons. The molecule has 4 nitrogen and oxygen atoms in total. The van der Waals surface area contributed by atoms with E-state index in [2.05, 4.69) is 10.3 Å². The fourth-order valence-corrected chi connectivity index (χ4v) is 2.49. The smallest absolute Gasteiger partial charge is 0.224 e. The van der Waals surface area contributed by atoms with Gasteiger partial charge in [0, 0.05) is 29.7 Å². The number of nitrogen functional groups attached to an aromatic ring is 1. The van der Waals surface area contributed by atoms with Crippen molar-refractivity contribution in [3.05, 3.63) is 45.9 Å². The first-order valence-electron chi connectivity index (χ1n) is 6.15. The quantitative estimate of drug-likeness (QED) is 0.819. The second-order valence-corrected chi connectivity index (χ2v) is 5.34. The van der Waals surface area contributed by atoms with Crippen molar-refractivity contribution in [1.29, 1.82) is 0 Å². The van der Waals surface area contributed by atoms with Gasteiger partial charge in [0.15, 0.2) is 0 Å². The second-order valence-electron chi connectivity index (χ2n) is 4.40. The van der Waals surface area contributed by atoms with Crippen LogP contribution < -0.4 is 11.1 Å². The van der Waals surface area contributed by atoms with Crippen LogP contribution in [-0.4, -0.2) is 17.4 Å². The normalized spacial score (nSPS) is 10.4. The minimum absolute atomic E-state index is 0.0260. The SMILES string of the molecule is Cc1csc(CCNC(=O)Cc2ccc(N)cc2)n1. The molecule has 0 fully saturated rings. The second kappa shape index (κ2) is 6.33. The fraction of sp³-hybridized carbons (Fsp3) is 0.286. The van der Waals surface area contributed by atoms with E-state index in [9.17, 15) is 4.79 Å². The highest BCUT2D eigenvalue weighted by molar-refractivity contribution is 7.09. The molecule has 0 bridgehead atoms. The average molecular weight is 275 g/mol. The molecule has 0 saturated heterocycles. The van der Waals surface area contributed by atoms with Crippen molar-refractivity contribution >= 4 is 22.9 Å². The summed E-state index contributed by atoms with van der Waals surface area (Å²) in [6.07, 6.45) is 1.17. The highest BCUT2D eigenvalue weighted by Crippen LogP contribution is 2.09. The predicted octanol–water partition coefficient (Wildman–Crippen LogP) is 1.94. The number of benzene rings is 1. The third-order valence-corrected chi connectivity index (χ3v) is 3.70. The van der Waals surface area contributed by atoms with E-state index in [1.807, 2.05) is 24.4 Å². The Kier molecular flexibility index (Phi) is 4.52. The van der Waals surface area contributed by atoms with Gasteiger partial charge in [-0.15, -0.1) is 11.3 Å². The Morgan fingerprint density at radius 1 is 1.37 bits per heavy atom. The summed E-state index contributed by atoms with van der Waals surface area (Å²) in [5, 5.41) is 5.98. The van der Waals surface area contributed by atoms with Crippen molar-refractivity contribution in [2.24, 2.45) is 0 Å². The molecule has 1 aromatic heterocycles. The topological polar surface area (TPSA) is 68.0 Å². The third kappa shape index (κ3) is 4.37. The van der Waals surface area contributed by atoms with Gasteiger partial charge in [0.05, 0.1) is 11.4 Å². The molecule has 0 aliphatic heterocycles. The first kappa shape index (κ1) is 13.5. The van der Waals surface area contributed by atoms with Crippen LogP contribution in [0.4, 0.5) is 5.69 Å². The van der Waals surface area contributed by atoms with Gasteiger partial charge in [0.25, 0.3) is 0 Å². The lowest BCUT2D eigenvalue weighted by Crippen LogP contribution is -2.27. The number of nitrogens with one attached hydrogen (secondary N) is 1. The zero-order valence-electron chi connectivity index (χ0n) is 10.8. The summed E-state index contributed by atoms with van der Waals surface area (Å²) in [6, 6.07) is 7.36. The highest BCUT2D eigenvalue weighted by Gasteiger charge is 2.04. The van der Waals surface area contributed by atoms with Crippen LogP contribution in [0.25, 0.3) is 0 Å². The Hall–Kier alpha value is -1.88.